The van der Waals surface area contributed by atoms with Crippen LogP contribution in [0, 0.1) is 5.82 Å². The van der Waals surface area contributed by atoms with Crippen molar-refractivity contribution in [1.29, 1.82) is 0 Å². The summed E-state index contributed by atoms with van der Waals surface area (Å²) in [5.41, 5.74) is 1.08. The second kappa shape index (κ2) is 10.4. The van der Waals surface area contributed by atoms with Gasteiger partial charge in [0.05, 0.1) is 19.4 Å². The number of benzene rings is 1. The molecular formula is C18H24FN3O2. The molecule has 0 aliphatic heterocycles. The van der Waals surface area contributed by atoms with E-state index in [1.165, 1.54) is 12.1 Å². The van der Waals surface area contributed by atoms with Crippen LogP contribution in [0.3, 0.4) is 0 Å². The lowest BCUT2D eigenvalue weighted by Gasteiger charge is -2.12. The zero-order valence-corrected chi connectivity index (χ0v) is 13.9. The predicted molar refractivity (Wildman–Crippen MR) is 92.7 cm³/mol. The molecule has 0 saturated carbocycles. The zero-order chi connectivity index (χ0) is 17.0. The van der Waals surface area contributed by atoms with E-state index in [-0.39, 0.29) is 5.82 Å². The monoisotopic (exact) mass is 333 g/mol. The van der Waals surface area contributed by atoms with Crippen LogP contribution in [0.15, 0.2) is 52.1 Å². The quantitative estimate of drug-likeness (QED) is 0.420. The number of hydrogen-bond acceptors (Lipinski definition) is 3. The van der Waals surface area contributed by atoms with Crippen LogP contribution in [0.5, 0.6) is 0 Å². The molecule has 0 amide bonds. The Bertz CT molecular complexity index is 597. The number of ether oxygens (including phenoxy) is 1. The Morgan fingerprint density at radius 3 is 2.54 bits per heavy atom. The summed E-state index contributed by atoms with van der Waals surface area (Å²) in [6, 6.07) is 10.4. The summed E-state index contributed by atoms with van der Waals surface area (Å²) in [7, 11) is 1.65. The van der Waals surface area contributed by atoms with Crippen LogP contribution in [0.1, 0.15) is 11.3 Å². The van der Waals surface area contributed by atoms with Crippen LogP contribution in [-0.4, -0.2) is 39.3 Å². The summed E-state index contributed by atoms with van der Waals surface area (Å²) < 4.78 is 23.2. The van der Waals surface area contributed by atoms with Crippen molar-refractivity contribution in [1.82, 2.24) is 10.6 Å². The summed E-state index contributed by atoms with van der Waals surface area (Å²) >= 11 is 0. The first-order valence-electron chi connectivity index (χ1n) is 8.06. The molecule has 0 atom stereocenters. The van der Waals surface area contributed by atoms with E-state index < -0.39 is 0 Å². The maximum atomic E-state index is 12.9. The van der Waals surface area contributed by atoms with Crippen molar-refractivity contribution in [3.05, 3.63) is 59.8 Å². The average molecular weight is 333 g/mol. The van der Waals surface area contributed by atoms with E-state index in [1.807, 2.05) is 12.1 Å². The predicted octanol–water partition coefficient (Wildman–Crippen LogP) is 2.39. The van der Waals surface area contributed by atoms with Crippen LogP contribution in [0.4, 0.5) is 4.39 Å². The van der Waals surface area contributed by atoms with Gasteiger partial charge in [-0.2, -0.15) is 0 Å². The van der Waals surface area contributed by atoms with Gasteiger partial charge in [0.1, 0.15) is 11.6 Å². The Morgan fingerprint density at radius 1 is 1.12 bits per heavy atom. The van der Waals surface area contributed by atoms with E-state index in [0.717, 1.165) is 36.7 Å². The molecule has 0 aliphatic rings. The van der Waals surface area contributed by atoms with E-state index >= 15 is 0 Å². The Hall–Kier alpha value is -2.34. The molecule has 2 N–H and O–H groups in total. The van der Waals surface area contributed by atoms with Gasteiger partial charge in [0.2, 0.25) is 0 Å². The third-order valence-corrected chi connectivity index (χ3v) is 3.43. The summed E-state index contributed by atoms with van der Waals surface area (Å²) in [6.45, 7) is 2.60. The highest BCUT2D eigenvalue weighted by Crippen LogP contribution is 2.03. The van der Waals surface area contributed by atoms with Crippen molar-refractivity contribution in [2.75, 3.05) is 33.4 Å². The van der Waals surface area contributed by atoms with Crippen molar-refractivity contribution in [3.8, 4) is 0 Å². The van der Waals surface area contributed by atoms with E-state index in [9.17, 15) is 4.39 Å². The van der Waals surface area contributed by atoms with E-state index in [0.29, 0.717) is 19.7 Å². The first-order valence-corrected chi connectivity index (χ1v) is 8.06. The van der Waals surface area contributed by atoms with Gasteiger partial charge in [-0.15, -0.1) is 0 Å². The molecular weight excluding hydrogens is 309 g/mol. The minimum atomic E-state index is -0.215. The van der Waals surface area contributed by atoms with Gasteiger partial charge in [0, 0.05) is 26.6 Å². The summed E-state index contributed by atoms with van der Waals surface area (Å²) in [6.07, 6.45) is 3.25. The Balaban J connectivity index is 1.76. The van der Waals surface area contributed by atoms with Gasteiger partial charge in [-0.25, -0.2) is 4.39 Å². The van der Waals surface area contributed by atoms with Crippen molar-refractivity contribution in [2.24, 2.45) is 4.99 Å². The minimum Gasteiger partial charge on any atom is -0.469 e. The fourth-order valence-corrected chi connectivity index (χ4v) is 2.16. The lowest BCUT2D eigenvalue weighted by atomic mass is 10.1. The summed E-state index contributed by atoms with van der Waals surface area (Å²) in [5.74, 6) is 1.46. The normalized spacial score (nSPS) is 11.5. The third-order valence-electron chi connectivity index (χ3n) is 3.43. The van der Waals surface area contributed by atoms with Gasteiger partial charge in [-0.05, 0) is 36.2 Å². The van der Waals surface area contributed by atoms with Crippen molar-refractivity contribution < 1.29 is 13.5 Å². The Kier molecular flexibility index (Phi) is 7.83. The standard InChI is InChI=1S/C18H24FN3O2/c1-23-14-12-22-18(21-11-9-17-3-2-13-24-17)20-10-8-15-4-6-16(19)7-5-15/h2-7,13H,8-12,14H2,1H3,(H2,20,21,22). The van der Waals surface area contributed by atoms with Gasteiger partial charge in [0.25, 0.3) is 0 Å². The lowest BCUT2D eigenvalue weighted by Crippen LogP contribution is -2.39. The van der Waals surface area contributed by atoms with Gasteiger partial charge >= 0.3 is 0 Å². The second-order valence-electron chi connectivity index (χ2n) is 5.28. The number of methoxy groups -OCH3 is 1. The SMILES string of the molecule is COCCN=C(NCCc1ccc(F)cc1)NCCc1ccco1. The number of rotatable bonds is 9. The van der Waals surface area contributed by atoms with E-state index in [4.69, 9.17) is 9.15 Å². The molecule has 0 aliphatic carbocycles. The van der Waals surface area contributed by atoms with Crippen molar-refractivity contribution >= 4 is 5.96 Å². The lowest BCUT2D eigenvalue weighted by molar-refractivity contribution is 0.208. The fraction of sp³-hybridized carbons (Fsp3) is 0.389. The molecule has 0 saturated heterocycles. The number of halogens is 1. The summed E-state index contributed by atoms with van der Waals surface area (Å²) in [4.78, 5) is 4.46. The van der Waals surface area contributed by atoms with Crippen LogP contribution >= 0.6 is 0 Å². The van der Waals surface area contributed by atoms with E-state index in [1.54, 1.807) is 25.5 Å². The molecule has 130 valence electrons. The van der Waals surface area contributed by atoms with Crippen LogP contribution in [0.2, 0.25) is 0 Å². The number of nitrogens with one attached hydrogen (secondary N) is 2. The average Bonchev–Trinajstić information content (AvgIpc) is 3.10. The third kappa shape index (κ3) is 6.83. The minimum absolute atomic E-state index is 0.215. The molecule has 0 bridgehead atoms. The molecule has 1 aromatic heterocycles. The van der Waals surface area contributed by atoms with Gasteiger partial charge < -0.3 is 19.8 Å². The Labute approximate surface area is 141 Å². The highest BCUT2D eigenvalue weighted by Gasteiger charge is 2.01. The van der Waals surface area contributed by atoms with Crippen LogP contribution < -0.4 is 10.6 Å². The molecule has 2 aromatic rings. The molecule has 24 heavy (non-hydrogen) atoms. The fourth-order valence-electron chi connectivity index (χ4n) is 2.16. The molecule has 1 heterocycles. The number of guanidine groups is 1. The van der Waals surface area contributed by atoms with Gasteiger partial charge in [-0.3, -0.25) is 4.99 Å². The zero-order valence-electron chi connectivity index (χ0n) is 13.9. The highest BCUT2D eigenvalue weighted by molar-refractivity contribution is 5.79. The maximum absolute atomic E-state index is 12.9. The molecule has 6 heteroatoms. The molecule has 0 radical (unpaired) electrons. The smallest absolute Gasteiger partial charge is 0.191 e. The maximum Gasteiger partial charge on any atom is 0.191 e. The topological polar surface area (TPSA) is 58.8 Å². The highest BCUT2D eigenvalue weighted by atomic mass is 19.1. The van der Waals surface area contributed by atoms with E-state index in [2.05, 4.69) is 15.6 Å². The molecule has 0 unspecified atom stereocenters. The number of hydrogen-bond donors (Lipinski definition) is 2. The second-order valence-corrected chi connectivity index (χ2v) is 5.28. The van der Waals surface area contributed by atoms with Crippen LogP contribution in [0.25, 0.3) is 0 Å². The van der Waals surface area contributed by atoms with Gasteiger partial charge in [-0.1, -0.05) is 12.1 Å². The largest absolute Gasteiger partial charge is 0.469 e. The summed E-state index contributed by atoms with van der Waals surface area (Å²) in [5, 5.41) is 6.56. The van der Waals surface area contributed by atoms with Gasteiger partial charge in [0.15, 0.2) is 5.96 Å². The first kappa shape index (κ1) is 18.0. The Morgan fingerprint density at radius 2 is 1.88 bits per heavy atom. The molecule has 0 spiro atoms. The molecule has 1 aromatic carbocycles. The van der Waals surface area contributed by atoms with Crippen molar-refractivity contribution in [2.45, 2.75) is 12.8 Å². The molecule has 0 fully saturated rings. The molecule has 5 nitrogen and oxygen atoms in total. The number of furan rings is 1. The molecule has 2 rings (SSSR count). The number of nitrogens with zero attached hydrogens (tertiary/aromatic N) is 1. The van der Waals surface area contributed by atoms with Crippen molar-refractivity contribution in [3.63, 3.8) is 0 Å². The first-order chi connectivity index (χ1) is 11.8. The number of aliphatic imine (C=N–C) groups is 1. The van der Waals surface area contributed by atoms with Crippen LogP contribution in [-0.2, 0) is 17.6 Å².